The largest absolute Gasteiger partial charge is 0.449 e. The van der Waals surface area contributed by atoms with Crippen LogP contribution < -0.4 is 5.84 Å². The highest BCUT2D eigenvalue weighted by molar-refractivity contribution is 6.31. The summed E-state index contributed by atoms with van der Waals surface area (Å²) in [4.78, 5) is 3.77. The quantitative estimate of drug-likeness (QED) is 0.323. The van der Waals surface area contributed by atoms with E-state index in [0.717, 1.165) is 10.7 Å². The molecule has 7 nitrogen and oxygen atoms in total. The molecular formula is C15H11ClF3N6O+. The molecule has 2 N–H and O–H groups in total. The Kier molecular flexibility index (Phi) is 4.54. The van der Waals surface area contributed by atoms with Crippen molar-refractivity contribution in [2.45, 2.75) is 13.1 Å². The van der Waals surface area contributed by atoms with Gasteiger partial charge in [-0.1, -0.05) is 11.6 Å². The van der Waals surface area contributed by atoms with Gasteiger partial charge in [-0.3, -0.25) is 0 Å². The van der Waals surface area contributed by atoms with Crippen LogP contribution in [0.2, 0.25) is 5.02 Å². The highest BCUT2D eigenvalue weighted by Crippen LogP contribution is 2.37. The minimum absolute atomic E-state index is 0.0954. The highest BCUT2D eigenvalue weighted by atomic mass is 35.5. The van der Waals surface area contributed by atoms with Crippen molar-refractivity contribution in [2.75, 3.05) is 5.84 Å². The Morgan fingerprint density at radius 3 is 2.69 bits per heavy atom. The summed E-state index contributed by atoms with van der Waals surface area (Å²) in [6, 6.07) is 6.57. The molecule has 0 saturated heterocycles. The summed E-state index contributed by atoms with van der Waals surface area (Å²) in [7, 11) is 0. The molecule has 0 aliphatic carbocycles. The Hall–Kier alpha value is -3.10. The molecule has 26 heavy (non-hydrogen) atoms. The number of benzene rings is 1. The van der Waals surface area contributed by atoms with E-state index in [1.807, 2.05) is 0 Å². The van der Waals surface area contributed by atoms with E-state index in [2.05, 4.69) is 20.1 Å². The Morgan fingerprint density at radius 1 is 1.27 bits per heavy atom. The topological polar surface area (TPSA) is 96.3 Å². The number of nitrogens with zero attached hydrogens (tertiary/aromatic N) is 5. The molecule has 0 atom stereocenters. The molecule has 0 aliphatic rings. The van der Waals surface area contributed by atoms with Crippen molar-refractivity contribution in [3.63, 3.8) is 0 Å². The van der Waals surface area contributed by atoms with E-state index >= 15 is 0 Å². The van der Waals surface area contributed by atoms with Crippen molar-refractivity contribution in [2.24, 2.45) is 5.11 Å². The lowest BCUT2D eigenvalue weighted by atomic mass is 10.1. The number of aromatic nitrogens is 3. The maximum absolute atomic E-state index is 12.9. The lowest BCUT2D eigenvalue weighted by Crippen LogP contribution is -2.09. The van der Waals surface area contributed by atoms with E-state index in [1.54, 1.807) is 6.92 Å². The first-order valence-electron chi connectivity index (χ1n) is 7.14. The molecular weight excluding hydrogens is 373 g/mol. The van der Waals surface area contributed by atoms with E-state index < -0.39 is 11.7 Å². The maximum Gasteiger partial charge on any atom is 0.417 e. The predicted octanol–water partition coefficient (Wildman–Crippen LogP) is 3.64. The molecule has 134 valence electrons. The van der Waals surface area contributed by atoms with E-state index in [4.69, 9.17) is 21.9 Å². The number of nitrogens with two attached hydrogens (primary N) is 1. The first kappa shape index (κ1) is 17.7. The second-order valence-corrected chi connectivity index (χ2v) is 5.56. The van der Waals surface area contributed by atoms with Gasteiger partial charge < -0.3 is 10.3 Å². The first-order valence-corrected chi connectivity index (χ1v) is 7.51. The predicted molar refractivity (Wildman–Crippen MR) is 86.6 cm³/mol. The fraction of sp³-hybridized carbons (Fsp3) is 0.133. The summed E-state index contributed by atoms with van der Waals surface area (Å²) in [6.07, 6.45) is -3.28. The highest BCUT2D eigenvalue weighted by Gasteiger charge is 2.33. The van der Waals surface area contributed by atoms with Crippen LogP contribution in [0, 0.1) is 6.92 Å². The summed E-state index contributed by atoms with van der Waals surface area (Å²) in [6.45, 7) is 1.65. The molecule has 0 amide bonds. The number of furan rings is 1. The zero-order valence-electron chi connectivity index (χ0n) is 13.2. The zero-order valence-corrected chi connectivity index (χ0v) is 14.0. The zero-order chi connectivity index (χ0) is 18.9. The molecule has 2 aromatic heterocycles. The van der Waals surface area contributed by atoms with Crippen LogP contribution in [0.4, 0.5) is 19.1 Å². The Morgan fingerprint density at radius 2 is 2.04 bits per heavy atom. The van der Waals surface area contributed by atoms with Crippen molar-refractivity contribution in [1.82, 2.24) is 14.9 Å². The van der Waals surface area contributed by atoms with Crippen molar-refractivity contribution in [1.29, 1.82) is 0 Å². The average molecular weight is 384 g/mol. The Balaban J connectivity index is 1.86. The SMILES string of the molecule is Cc1nnc(N=[N+]=Cc2ccc(-c3ccc(Cl)c(C(F)(F)F)c3)o2)n1N. The summed E-state index contributed by atoms with van der Waals surface area (Å²) in [5, 5.41) is 10.8. The fourth-order valence-corrected chi connectivity index (χ4v) is 2.26. The lowest BCUT2D eigenvalue weighted by molar-refractivity contribution is -0.137. The average Bonchev–Trinajstić information content (AvgIpc) is 3.16. The van der Waals surface area contributed by atoms with Crippen LogP contribution in [0.1, 0.15) is 17.1 Å². The van der Waals surface area contributed by atoms with Gasteiger partial charge in [-0.15, -0.1) is 10.2 Å². The number of alkyl halides is 3. The molecule has 0 spiro atoms. The molecule has 2 heterocycles. The van der Waals surface area contributed by atoms with Crippen LogP contribution in [0.25, 0.3) is 11.3 Å². The van der Waals surface area contributed by atoms with Gasteiger partial charge in [0, 0.05) is 5.56 Å². The smallest absolute Gasteiger partial charge is 0.417 e. The molecule has 0 fully saturated rings. The minimum Gasteiger partial charge on any atom is -0.449 e. The third-order valence-electron chi connectivity index (χ3n) is 3.36. The Labute approximate surface area is 149 Å². The van der Waals surface area contributed by atoms with Gasteiger partial charge in [0.15, 0.2) is 10.9 Å². The number of nitrogen functional groups attached to an aromatic ring is 1. The second kappa shape index (κ2) is 6.66. The monoisotopic (exact) mass is 383 g/mol. The number of hydrogen-bond acceptors (Lipinski definition) is 5. The van der Waals surface area contributed by atoms with Crippen LogP contribution in [0.3, 0.4) is 0 Å². The van der Waals surface area contributed by atoms with Crippen molar-refractivity contribution < 1.29 is 22.4 Å². The molecule has 1 aromatic carbocycles. The third kappa shape index (κ3) is 3.61. The molecule has 0 aliphatic heterocycles. The van der Waals surface area contributed by atoms with Crippen molar-refractivity contribution in [3.05, 3.63) is 52.5 Å². The summed E-state index contributed by atoms with van der Waals surface area (Å²) >= 11 is 5.61. The van der Waals surface area contributed by atoms with E-state index in [0.29, 0.717) is 5.82 Å². The van der Waals surface area contributed by atoms with Gasteiger partial charge in [0.2, 0.25) is 5.76 Å². The van der Waals surface area contributed by atoms with Gasteiger partial charge in [-0.25, -0.2) is 4.68 Å². The van der Waals surface area contributed by atoms with E-state index in [9.17, 15) is 13.2 Å². The fourth-order valence-electron chi connectivity index (χ4n) is 2.04. The van der Waals surface area contributed by atoms with Crippen LogP contribution in [-0.4, -0.2) is 25.9 Å². The standard InChI is InChI=1S/C15H11ClF3N6O/c1-8-22-24-14(25(8)20)23-21-7-10-3-5-13(26-10)9-2-4-12(16)11(6-9)15(17,18)19/h2-7H,1H3,(H2,20,23,24)/q+1. The molecule has 0 unspecified atom stereocenters. The normalized spacial score (nSPS) is 11.3. The van der Waals surface area contributed by atoms with Gasteiger partial charge in [-0.05, 0) is 37.3 Å². The molecule has 3 rings (SSSR count). The molecule has 3 aromatic rings. The van der Waals surface area contributed by atoms with Crippen LogP contribution in [0.5, 0.6) is 0 Å². The number of rotatable bonds is 3. The summed E-state index contributed by atoms with van der Waals surface area (Å²) in [5.41, 5.74) is -0.702. The summed E-state index contributed by atoms with van der Waals surface area (Å²) < 4.78 is 45.4. The van der Waals surface area contributed by atoms with Gasteiger partial charge in [-0.2, -0.15) is 13.2 Å². The van der Waals surface area contributed by atoms with Crippen LogP contribution in [-0.2, 0) is 6.18 Å². The van der Waals surface area contributed by atoms with Crippen LogP contribution >= 0.6 is 11.6 Å². The molecule has 11 heteroatoms. The maximum atomic E-state index is 12.9. The van der Waals surface area contributed by atoms with E-state index in [1.165, 1.54) is 30.5 Å². The first-order chi connectivity index (χ1) is 12.3. The third-order valence-corrected chi connectivity index (χ3v) is 3.69. The number of aryl methyl sites for hydroxylation is 1. The van der Waals surface area contributed by atoms with Gasteiger partial charge >= 0.3 is 18.3 Å². The second-order valence-electron chi connectivity index (χ2n) is 5.16. The van der Waals surface area contributed by atoms with Crippen molar-refractivity contribution in [3.8, 4) is 11.3 Å². The summed E-state index contributed by atoms with van der Waals surface area (Å²) in [5.74, 6) is 6.69. The Bertz CT molecular complexity index is 1020. The number of hydrogen-bond donors (Lipinski definition) is 1. The van der Waals surface area contributed by atoms with Gasteiger partial charge in [0.05, 0.1) is 15.4 Å². The number of halogens is 4. The van der Waals surface area contributed by atoms with Gasteiger partial charge in [0.25, 0.3) is 0 Å². The van der Waals surface area contributed by atoms with Gasteiger partial charge in [0.1, 0.15) is 5.76 Å². The lowest BCUT2D eigenvalue weighted by Gasteiger charge is -2.09. The molecule has 0 saturated carbocycles. The van der Waals surface area contributed by atoms with E-state index in [-0.39, 0.29) is 28.1 Å². The van der Waals surface area contributed by atoms with Crippen molar-refractivity contribution >= 4 is 23.8 Å². The molecule has 0 radical (unpaired) electrons. The molecule has 0 bridgehead atoms. The minimum atomic E-state index is -4.56. The van der Waals surface area contributed by atoms with Crippen LogP contribution in [0.15, 0.2) is 39.9 Å².